The van der Waals surface area contributed by atoms with Gasteiger partial charge in [-0.3, -0.25) is 9.59 Å². The second-order valence-electron chi connectivity index (χ2n) is 6.62. The van der Waals surface area contributed by atoms with E-state index in [2.05, 4.69) is 13.8 Å². The van der Waals surface area contributed by atoms with Crippen molar-refractivity contribution < 1.29 is 9.59 Å². The number of carbonyl (C=O) groups excluding carboxylic acids is 2. The Hall–Kier alpha value is -0.810. The molecule has 5 nitrogen and oxygen atoms in total. The first-order valence-electron chi connectivity index (χ1n) is 8.71. The highest BCUT2D eigenvalue weighted by atomic mass is 35.5. The van der Waals surface area contributed by atoms with Crippen LogP contribution in [0.15, 0.2) is 0 Å². The first-order valence-corrected chi connectivity index (χ1v) is 8.71. The summed E-state index contributed by atoms with van der Waals surface area (Å²) in [6, 6.07) is -0.413. The summed E-state index contributed by atoms with van der Waals surface area (Å²) in [6.45, 7) is 8.33. The molecule has 0 aromatic heterocycles. The first-order chi connectivity index (χ1) is 10.4. The van der Waals surface area contributed by atoms with E-state index in [4.69, 9.17) is 5.73 Å². The van der Waals surface area contributed by atoms with Crippen LogP contribution in [0, 0.1) is 11.8 Å². The van der Waals surface area contributed by atoms with Gasteiger partial charge >= 0.3 is 0 Å². The Morgan fingerprint density at radius 3 is 2.30 bits per heavy atom. The van der Waals surface area contributed by atoms with E-state index < -0.39 is 6.04 Å². The molecule has 2 atom stereocenters. The molecule has 2 N–H and O–H groups in total. The SMILES string of the molecule is CCCCN(C)C(=O)C1CCN(C(=O)C(N)C(C)CC)CC1.Cl. The molecule has 2 amide bonds. The largest absolute Gasteiger partial charge is 0.346 e. The maximum absolute atomic E-state index is 12.4. The average molecular weight is 348 g/mol. The van der Waals surface area contributed by atoms with Gasteiger partial charge in [0.15, 0.2) is 0 Å². The van der Waals surface area contributed by atoms with E-state index in [-0.39, 0.29) is 36.1 Å². The van der Waals surface area contributed by atoms with Crippen molar-refractivity contribution in [3.63, 3.8) is 0 Å². The van der Waals surface area contributed by atoms with Crippen LogP contribution in [0.3, 0.4) is 0 Å². The third kappa shape index (κ3) is 6.30. The van der Waals surface area contributed by atoms with E-state index in [9.17, 15) is 9.59 Å². The molecule has 6 heteroatoms. The quantitative estimate of drug-likeness (QED) is 0.768. The van der Waals surface area contributed by atoms with E-state index in [1.54, 1.807) is 0 Å². The fraction of sp³-hybridized carbons (Fsp3) is 0.882. The van der Waals surface area contributed by atoms with Gasteiger partial charge in [-0.25, -0.2) is 0 Å². The number of carbonyl (C=O) groups is 2. The summed E-state index contributed by atoms with van der Waals surface area (Å²) in [6.07, 6.45) is 4.56. The summed E-state index contributed by atoms with van der Waals surface area (Å²) >= 11 is 0. The lowest BCUT2D eigenvalue weighted by Crippen LogP contribution is -2.51. The molecule has 1 aliphatic heterocycles. The van der Waals surface area contributed by atoms with Crippen LogP contribution >= 0.6 is 12.4 Å². The Morgan fingerprint density at radius 1 is 1.26 bits per heavy atom. The van der Waals surface area contributed by atoms with Crippen LogP contribution in [-0.2, 0) is 9.59 Å². The lowest BCUT2D eigenvalue weighted by Gasteiger charge is -2.35. The molecule has 1 saturated heterocycles. The molecule has 2 unspecified atom stereocenters. The Bertz CT molecular complexity index is 371. The van der Waals surface area contributed by atoms with Gasteiger partial charge in [0.05, 0.1) is 6.04 Å². The number of hydrogen-bond acceptors (Lipinski definition) is 3. The number of piperidine rings is 1. The molecule has 0 radical (unpaired) electrons. The highest BCUT2D eigenvalue weighted by molar-refractivity contribution is 5.85. The summed E-state index contributed by atoms with van der Waals surface area (Å²) in [5, 5.41) is 0. The Morgan fingerprint density at radius 2 is 1.83 bits per heavy atom. The zero-order chi connectivity index (χ0) is 16.7. The van der Waals surface area contributed by atoms with E-state index in [0.29, 0.717) is 13.1 Å². The van der Waals surface area contributed by atoms with Gasteiger partial charge in [0.2, 0.25) is 11.8 Å². The average Bonchev–Trinajstić information content (AvgIpc) is 2.56. The molecule has 1 rings (SSSR count). The van der Waals surface area contributed by atoms with Gasteiger partial charge in [-0.15, -0.1) is 12.4 Å². The van der Waals surface area contributed by atoms with Crippen LogP contribution < -0.4 is 5.73 Å². The zero-order valence-corrected chi connectivity index (χ0v) is 15.9. The van der Waals surface area contributed by atoms with Gasteiger partial charge in [0, 0.05) is 32.6 Å². The maximum Gasteiger partial charge on any atom is 0.239 e. The summed E-state index contributed by atoms with van der Waals surface area (Å²) < 4.78 is 0. The van der Waals surface area contributed by atoms with E-state index in [1.165, 1.54) is 0 Å². The topological polar surface area (TPSA) is 66.6 Å². The molecule has 1 heterocycles. The summed E-state index contributed by atoms with van der Waals surface area (Å²) in [5.41, 5.74) is 6.03. The fourth-order valence-electron chi connectivity index (χ4n) is 2.87. The van der Waals surface area contributed by atoms with Crippen molar-refractivity contribution in [2.75, 3.05) is 26.7 Å². The van der Waals surface area contributed by atoms with Crippen LogP contribution in [-0.4, -0.2) is 54.3 Å². The number of nitrogens with two attached hydrogens (primary N) is 1. The highest BCUT2D eigenvalue weighted by Gasteiger charge is 2.31. The fourth-order valence-corrected chi connectivity index (χ4v) is 2.87. The lowest BCUT2D eigenvalue weighted by atomic mass is 9.93. The normalized spacial score (nSPS) is 18.0. The minimum atomic E-state index is -0.413. The van der Waals surface area contributed by atoms with Crippen molar-refractivity contribution in [3.8, 4) is 0 Å². The predicted octanol–water partition coefficient (Wildman–Crippen LogP) is 2.28. The van der Waals surface area contributed by atoms with E-state index >= 15 is 0 Å². The second kappa shape index (κ2) is 10.9. The third-order valence-electron chi connectivity index (χ3n) is 4.92. The number of nitrogens with zero attached hydrogens (tertiary/aromatic N) is 2. The summed E-state index contributed by atoms with van der Waals surface area (Å²) in [5.74, 6) is 0.532. The van der Waals surface area contributed by atoms with Gasteiger partial charge in [-0.2, -0.15) is 0 Å². The third-order valence-corrected chi connectivity index (χ3v) is 4.92. The molecule has 1 aliphatic rings. The molecule has 0 aromatic carbocycles. The van der Waals surface area contributed by atoms with Gasteiger partial charge in [-0.1, -0.05) is 33.6 Å². The van der Waals surface area contributed by atoms with Crippen LogP contribution in [0.1, 0.15) is 52.9 Å². The smallest absolute Gasteiger partial charge is 0.239 e. The monoisotopic (exact) mass is 347 g/mol. The Balaban J connectivity index is 0.00000484. The van der Waals surface area contributed by atoms with Crippen molar-refractivity contribution in [2.45, 2.75) is 58.9 Å². The number of hydrogen-bond donors (Lipinski definition) is 1. The van der Waals surface area contributed by atoms with Gasteiger partial charge in [0.25, 0.3) is 0 Å². The van der Waals surface area contributed by atoms with Crippen molar-refractivity contribution >= 4 is 24.2 Å². The molecule has 0 aliphatic carbocycles. The predicted molar refractivity (Wildman–Crippen MR) is 96.5 cm³/mol. The highest BCUT2D eigenvalue weighted by Crippen LogP contribution is 2.21. The molecule has 0 saturated carbocycles. The van der Waals surface area contributed by atoms with Crippen molar-refractivity contribution in [1.82, 2.24) is 9.80 Å². The number of unbranched alkanes of at least 4 members (excludes halogenated alkanes) is 1. The van der Waals surface area contributed by atoms with Gasteiger partial charge < -0.3 is 15.5 Å². The van der Waals surface area contributed by atoms with Crippen molar-refractivity contribution in [2.24, 2.45) is 17.6 Å². The molecule has 1 fully saturated rings. The van der Waals surface area contributed by atoms with Crippen LogP contribution in [0.2, 0.25) is 0 Å². The molecule has 136 valence electrons. The molecule has 0 bridgehead atoms. The number of amides is 2. The minimum absolute atomic E-state index is 0. The van der Waals surface area contributed by atoms with E-state index in [0.717, 1.165) is 38.6 Å². The second-order valence-corrected chi connectivity index (χ2v) is 6.62. The van der Waals surface area contributed by atoms with E-state index in [1.807, 2.05) is 23.8 Å². The summed E-state index contributed by atoms with van der Waals surface area (Å²) in [7, 11) is 1.88. The summed E-state index contributed by atoms with van der Waals surface area (Å²) in [4.78, 5) is 28.4. The minimum Gasteiger partial charge on any atom is -0.346 e. The molecule has 0 spiro atoms. The number of halogens is 1. The van der Waals surface area contributed by atoms with Crippen molar-refractivity contribution in [1.29, 1.82) is 0 Å². The Kier molecular flexibility index (Phi) is 10.5. The number of likely N-dealkylation sites (tertiary alicyclic amines) is 1. The standard InChI is InChI=1S/C17H33N3O2.ClH/c1-5-7-10-19(4)16(21)14-8-11-20(12-9-14)17(22)15(18)13(3)6-2;/h13-15H,5-12,18H2,1-4H3;1H. The molecular weight excluding hydrogens is 314 g/mol. The number of rotatable bonds is 7. The van der Waals surface area contributed by atoms with Gasteiger partial charge in [0.1, 0.15) is 0 Å². The maximum atomic E-state index is 12.4. The molecule has 0 aromatic rings. The van der Waals surface area contributed by atoms with Gasteiger partial charge in [-0.05, 0) is 25.2 Å². The molecule has 23 heavy (non-hydrogen) atoms. The van der Waals surface area contributed by atoms with Crippen LogP contribution in [0.25, 0.3) is 0 Å². The van der Waals surface area contributed by atoms with Crippen LogP contribution in [0.4, 0.5) is 0 Å². The van der Waals surface area contributed by atoms with Crippen molar-refractivity contribution in [3.05, 3.63) is 0 Å². The van der Waals surface area contributed by atoms with Crippen LogP contribution in [0.5, 0.6) is 0 Å². The first kappa shape index (κ1) is 22.2. The Labute approximate surface area is 147 Å². The molecular formula is C17H34ClN3O2. The zero-order valence-electron chi connectivity index (χ0n) is 15.1. The lowest BCUT2D eigenvalue weighted by molar-refractivity contribution is -0.141.